The molecule has 2 amide bonds. The standard InChI is InChI=1S/C24H27F3N6O7/c1-14-17(34)18(39-13-38-10-9-37-8-7-28-23(36)24(25,26)27)22(40-14)33-12-31-16-19(29-11-30-20(16)33)32-21(35)15-5-3-2-4-6-15/h2-6,11-12,14,17-18,22,34H,7-10,13H2,1H3,(H,28,36)(H,29,30,32,35)/t14-,17-,18-,22-/m1/s1. The number of aliphatic hydroxyl groups excluding tert-OH is 1. The number of nitrogens with one attached hydrogen (secondary N) is 2. The van der Waals surface area contributed by atoms with Crippen LogP contribution in [0.4, 0.5) is 19.0 Å². The lowest BCUT2D eigenvalue weighted by Crippen LogP contribution is -2.38. The Morgan fingerprint density at radius 2 is 1.85 bits per heavy atom. The van der Waals surface area contributed by atoms with Gasteiger partial charge in [-0.2, -0.15) is 13.2 Å². The molecule has 4 atom stereocenters. The Hall–Kier alpha value is -3.70. The predicted molar refractivity (Wildman–Crippen MR) is 131 cm³/mol. The highest BCUT2D eigenvalue weighted by molar-refractivity contribution is 6.06. The summed E-state index contributed by atoms with van der Waals surface area (Å²) in [6.07, 6.45) is -5.55. The second-order valence-corrected chi connectivity index (χ2v) is 8.61. The number of rotatable bonds is 12. The lowest BCUT2D eigenvalue weighted by atomic mass is 10.1. The number of carbonyl (C=O) groups excluding carboxylic acids is 2. The van der Waals surface area contributed by atoms with Crippen LogP contribution in [0.5, 0.6) is 0 Å². The minimum atomic E-state index is -4.94. The molecule has 1 aliphatic rings. The highest BCUT2D eigenvalue weighted by Crippen LogP contribution is 2.34. The van der Waals surface area contributed by atoms with Crippen LogP contribution in [0, 0.1) is 0 Å². The molecule has 40 heavy (non-hydrogen) atoms. The molecule has 0 unspecified atom stereocenters. The van der Waals surface area contributed by atoms with Crippen LogP contribution >= 0.6 is 0 Å². The zero-order valence-electron chi connectivity index (χ0n) is 21.2. The molecule has 3 heterocycles. The van der Waals surface area contributed by atoms with E-state index in [-0.39, 0.29) is 44.9 Å². The number of benzene rings is 1. The molecule has 16 heteroatoms. The normalized spacial score (nSPS) is 21.0. The van der Waals surface area contributed by atoms with Gasteiger partial charge in [-0.15, -0.1) is 0 Å². The number of nitrogens with zero attached hydrogens (tertiary/aromatic N) is 4. The first-order chi connectivity index (χ1) is 19.2. The topological polar surface area (TPSA) is 159 Å². The van der Waals surface area contributed by atoms with Gasteiger partial charge in [0.2, 0.25) is 0 Å². The average molecular weight is 569 g/mol. The molecular weight excluding hydrogens is 541 g/mol. The minimum absolute atomic E-state index is 0.0371. The van der Waals surface area contributed by atoms with E-state index in [9.17, 15) is 27.9 Å². The summed E-state index contributed by atoms with van der Waals surface area (Å²) in [7, 11) is 0. The zero-order chi connectivity index (χ0) is 28.7. The molecule has 0 bridgehead atoms. The van der Waals surface area contributed by atoms with Gasteiger partial charge in [-0.25, -0.2) is 15.0 Å². The largest absolute Gasteiger partial charge is 0.471 e. The lowest BCUT2D eigenvalue weighted by molar-refractivity contribution is -0.173. The number of imidazole rings is 1. The number of anilines is 1. The number of halogens is 3. The molecule has 3 aromatic rings. The van der Waals surface area contributed by atoms with E-state index >= 15 is 0 Å². The van der Waals surface area contributed by atoms with E-state index in [0.717, 1.165) is 0 Å². The van der Waals surface area contributed by atoms with Crippen molar-refractivity contribution in [3.05, 3.63) is 48.5 Å². The fraction of sp³-hybridized carbons (Fsp3) is 0.458. The smallest absolute Gasteiger partial charge is 0.388 e. The van der Waals surface area contributed by atoms with Crippen molar-refractivity contribution in [2.75, 3.05) is 38.5 Å². The van der Waals surface area contributed by atoms with Crippen LogP contribution < -0.4 is 10.6 Å². The summed E-state index contributed by atoms with van der Waals surface area (Å²) in [6, 6.07) is 8.60. The molecule has 0 saturated carbocycles. The summed E-state index contributed by atoms with van der Waals surface area (Å²) in [5.74, 6) is -2.21. The van der Waals surface area contributed by atoms with Gasteiger partial charge in [0.15, 0.2) is 23.2 Å². The van der Waals surface area contributed by atoms with Crippen molar-refractivity contribution in [2.24, 2.45) is 0 Å². The number of hydrogen-bond acceptors (Lipinski definition) is 10. The molecule has 0 spiro atoms. The Bertz CT molecular complexity index is 1290. The number of aromatic nitrogens is 4. The van der Waals surface area contributed by atoms with E-state index in [0.29, 0.717) is 16.7 Å². The second kappa shape index (κ2) is 13.1. The SMILES string of the molecule is C[C@H]1O[C@@H](n2cnc3c(NC(=O)c4ccccc4)ncnc32)[C@H](OCOCCOCCNC(=O)C(F)(F)F)[C@@H]1O. The highest BCUT2D eigenvalue weighted by Gasteiger charge is 2.44. The van der Waals surface area contributed by atoms with E-state index in [4.69, 9.17) is 18.9 Å². The fourth-order valence-electron chi connectivity index (χ4n) is 3.86. The van der Waals surface area contributed by atoms with Gasteiger partial charge in [-0.05, 0) is 19.1 Å². The Morgan fingerprint density at radius 3 is 2.60 bits per heavy atom. The Kier molecular flexibility index (Phi) is 9.59. The number of carbonyl (C=O) groups is 2. The van der Waals surface area contributed by atoms with Crippen LogP contribution in [0.15, 0.2) is 43.0 Å². The minimum Gasteiger partial charge on any atom is -0.388 e. The van der Waals surface area contributed by atoms with Crippen LogP contribution in [0.2, 0.25) is 0 Å². The van der Waals surface area contributed by atoms with Gasteiger partial charge in [0.25, 0.3) is 5.91 Å². The molecule has 1 saturated heterocycles. The number of fused-ring (bicyclic) bond motifs is 1. The molecular formula is C24H27F3N6O7. The van der Waals surface area contributed by atoms with Crippen LogP contribution in [0.25, 0.3) is 11.2 Å². The van der Waals surface area contributed by atoms with Crippen molar-refractivity contribution in [3.63, 3.8) is 0 Å². The van der Waals surface area contributed by atoms with E-state index in [2.05, 4.69) is 20.3 Å². The fourth-order valence-corrected chi connectivity index (χ4v) is 3.86. The molecule has 13 nitrogen and oxygen atoms in total. The molecule has 1 aliphatic heterocycles. The van der Waals surface area contributed by atoms with Gasteiger partial charge in [0.1, 0.15) is 25.3 Å². The van der Waals surface area contributed by atoms with Gasteiger partial charge >= 0.3 is 12.1 Å². The lowest BCUT2D eigenvalue weighted by Gasteiger charge is -2.22. The van der Waals surface area contributed by atoms with E-state index < -0.39 is 36.6 Å². The molecule has 4 rings (SSSR count). The van der Waals surface area contributed by atoms with Gasteiger partial charge in [-0.3, -0.25) is 14.2 Å². The van der Waals surface area contributed by atoms with Crippen molar-refractivity contribution in [2.45, 2.75) is 37.6 Å². The molecule has 2 aromatic heterocycles. The third-order valence-corrected chi connectivity index (χ3v) is 5.86. The maximum atomic E-state index is 12.6. The van der Waals surface area contributed by atoms with Crippen molar-refractivity contribution in [1.29, 1.82) is 0 Å². The van der Waals surface area contributed by atoms with Crippen LogP contribution in [-0.4, -0.2) is 94.1 Å². The Labute approximate surface area is 225 Å². The summed E-state index contributed by atoms with van der Waals surface area (Å²) in [5, 5.41) is 15.0. The molecule has 216 valence electrons. The molecule has 1 fully saturated rings. The maximum Gasteiger partial charge on any atom is 0.471 e. The number of hydrogen-bond donors (Lipinski definition) is 3. The maximum absolute atomic E-state index is 12.6. The Balaban J connectivity index is 1.30. The number of alkyl halides is 3. The van der Waals surface area contributed by atoms with Gasteiger partial charge in [-0.1, -0.05) is 18.2 Å². The summed E-state index contributed by atoms with van der Waals surface area (Å²) >= 11 is 0. The molecule has 0 aliphatic carbocycles. The van der Waals surface area contributed by atoms with E-state index in [1.807, 2.05) is 0 Å². The zero-order valence-corrected chi connectivity index (χ0v) is 21.2. The summed E-state index contributed by atoms with van der Waals surface area (Å²) in [6.45, 7) is 1.07. The second-order valence-electron chi connectivity index (χ2n) is 8.61. The first-order valence-corrected chi connectivity index (χ1v) is 12.2. The average Bonchev–Trinajstić information content (AvgIpc) is 3.48. The van der Waals surface area contributed by atoms with Crippen molar-refractivity contribution in [3.8, 4) is 0 Å². The third kappa shape index (κ3) is 7.08. The quantitative estimate of drug-likeness (QED) is 0.215. The summed E-state index contributed by atoms with van der Waals surface area (Å²) in [4.78, 5) is 36.1. The first kappa shape index (κ1) is 29.3. The first-order valence-electron chi connectivity index (χ1n) is 12.2. The van der Waals surface area contributed by atoms with Crippen LogP contribution in [0.3, 0.4) is 0 Å². The number of amides is 2. The summed E-state index contributed by atoms with van der Waals surface area (Å²) in [5.41, 5.74) is 1.09. The van der Waals surface area contributed by atoms with Crippen LogP contribution in [-0.2, 0) is 23.7 Å². The highest BCUT2D eigenvalue weighted by atomic mass is 19.4. The van der Waals surface area contributed by atoms with Crippen molar-refractivity contribution in [1.82, 2.24) is 24.8 Å². The van der Waals surface area contributed by atoms with E-state index in [1.54, 1.807) is 47.1 Å². The van der Waals surface area contributed by atoms with Gasteiger partial charge in [0, 0.05) is 12.1 Å². The van der Waals surface area contributed by atoms with Crippen LogP contribution in [0.1, 0.15) is 23.5 Å². The third-order valence-electron chi connectivity index (χ3n) is 5.86. The monoisotopic (exact) mass is 568 g/mol. The molecule has 1 aromatic carbocycles. The van der Waals surface area contributed by atoms with E-state index in [1.165, 1.54) is 12.7 Å². The molecule has 0 radical (unpaired) electrons. The van der Waals surface area contributed by atoms with Gasteiger partial charge in [0.05, 0.1) is 32.3 Å². The van der Waals surface area contributed by atoms with Crippen molar-refractivity contribution >= 4 is 28.8 Å². The summed E-state index contributed by atoms with van der Waals surface area (Å²) < 4.78 is 60.0. The number of aliphatic hydroxyl groups is 1. The number of ether oxygens (including phenoxy) is 4. The Morgan fingerprint density at radius 1 is 1.10 bits per heavy atom. The predicted octanol–water partition coefficient (Wildman–Crippen LogP) is 1.41. The molecule has 3 N–H and O–H groups in total. The van der Waals surface area contributed by atoms with Crippen molar-refractivity contribution < 1.29 is 46.8 Å². The van der Waals surface area contributed by atoms with Gasteiger partial charge < -0.3 is 34.7 Å².